The van der Waals surface area contributed by atoms with Gasteiger partial charge >= 0.3 is 6.18 Å². The molecule has 1 aromatic rings. The zero-order chi connectivity index (χ0) is 18.8. The van der Waals surface area contributed by atoms with Gasteiger partial charge in [-0.1, -0.05) is 0 Å². The molecule has 4 nitrogen and oxygen atoms in total. The van der Waals surface area contributed by atoms with Crippen molar-refractivity contribution >= 4 is 27.5 Å². The molecule has 0 spiro atoms. The van der Waals surface area contributed by atoms with Crippen LogP contribution in [0.2, 0.25) is 0 Å². The van der Waals surface area contributed by atoms with Crippen LogP contribution in [0.4, 0.5) is 23.2 Å². The van der Waals surface area contributed by atoms with E-state index in [0.29, 0.717) is 35.3 Å². The van der Waals surface area contributed by atoms with Crippen molar-refractivity contribution in [1.82, 2.24) is 4.31 Å². The average Bonchev–Trinajstić information content (AvgIpc) is 2.53. The zero-order valence-electron chi connectivity index (χ0n) is 13.9. The lowest BCUT2D eigenvalue weighted by Crippen LogP contribution is -2.49. The Balaban J connectivity index is 2.15. The summed E-state index contributed by atoms with van der Waals surface area (Å²) in [7, 11) is -3.29. The van der Waals surface area contributed by atoms with Crippen molar-refractivity contribution < 1.29 is 26.0 Å². The van der Waals surface area contributed by atoms with Crippen LogP contribution in [-0.4, -0.2) is 56.6 Å². The summed E-state index contributed by atoms with van der Waals surface area (Å²) in [4.78, 5) is 2.05. The number of anilines is 1. The number of thioether (sulfide) groups is 1. The van der Waals surface area contributed by atoms with Crippen LogP contribution in [0.1, 0.15) is 12.5 Å². The van der Waals surface area contributed by atoms with Gasteiger partial charge in [-0.2, -0.15) is 17.5 Å². The number of hydrogen-bond donors (Lipinski definition) is 0. The van der Waals surface area contributed by atoms with Crippen LogP contribution in [0.25, 0.3) is 0 Å². The summed E-state index contributed by atoms with van der Waals surface area (Å²) in [6.45, 7) is 4.18. The topological polar surface area (TPSA) is 40.6 Å². The molecule has 0 unspecified atom stereocenters. The molecule has 0 amide bonds. The molecule has 0 N–H and O–H groups in total. The van der Waals surface area contributed by atoms with Crippen LogP contribution in [0, 0.1) is 12.7 Å². The molecule has 0 aliphatic carbocycles. The normalized spacial score (nSPS) is 17.1. The fourth-order valence-corrected chi connectivity index (χ4v) is 4.47. The molecule has 25 heavy (non-hydrogen) atoms. The Morgan fingerprint density at radius 1 is 1.16 bits per heavy atom. The molecule has 10 heteroatoms. The van der Waals surface area contributed by atoms with Crippen molar-refractivity contribution in [2.45, 2.75) is 24.9 Å². The maximum Gasteiger partial charge on any atom is 0.398 e. The van der Waals surface area contributed by atoms with Gasteiger partial charge in [0.05, 0.1) is 17.2 Å². The van der Waals surface area contributed by atoms with Crippen LogP contribution in [0.5, 0.6) is 0 Å². The molecule has 142 valence electrons. The molecule has 1 heterocycles. The minimum absolute atomic E-state index is 0.00409. The van der Waals surface area contributed by atoms with Gasteiger partial charge in [0, 0.05) is 31.1 Å². The first-order valence-corrected chi connectivity index (χ1v) is 10.4. The maximum atomic E-state index is 14.3. The van der Waals surface area contributed by atoms with Crippen LogP contribution in [0.15, 0.2) is 17.0 Å². The van der Waals surface area contributed by atoms with Gasteiger partial charge in [0.15, 0.2) is 0 Å². The molecule has 1 saturated heterocycles. The summed E-state index contributed by atoms with van der Waals surface area (Å²) >= 11 is 0.625. The Hall–Kier alpha value is -1.00. The van der Waals surface area contributed by atoms with Gasteiger partial charge in [0.2, 0.25) is 10.0 Å². The maximum absolute atomic E-state index is 14.3. The fourth-order valence-electron chi connectivity index (χ4n) is 2.59. The highest BCUT2D eigenvalue weighted by Crippen LogP contribution is 2.34. The van der Waals surface area contributed by atoms with Crippen molar-refractivity contribution in [2.24, 2.45) is 0 Å². The summed E-state index contributed by atoms with van der Waals surface area (Å²) in [5, 5.41) is 0. The highest BCUT2D eigenvalue weighted by Gasteiger charge is 2.29. The smallest absolute Gasteiger partial charge is 0.366 e. The molecule has 0 aromatic heterocycles. The molecule has 0 saturated carbocycles. The Kier molecular flexibility index (Phi) is 6.26. The van der Waals surface area contributed by atoms with Gasteiger partial charge in [-0.15, -0.1) is 11.8 Å². The standard InChI is InChI=1S/C15H20F4N2O2S2/c1-3-25(22,23)21-6-4-20(5-7-21)13-9-14(11(2)8-12(13)16)24-10-15(17,18)19/h8-9H,3-7,10H2,1-2H3. The lowest BCUT2D eigenvalue weighted by atomic mass is 10.2. The SMILES string of the molecule is CCS(=O)(=O)N1CCN(c2cc(SCC(F)(F)F)c(C)cc2F)CC1. The molecular weight excluding hydrogens is 380 g/mol. The van der Waals surface area contributed by atoms with Gasteiger partial charge in [0.25, 0.3) is 0 Å². The second-order valence-electron chi connectivity index (χ2n) is 5.76. The summed E-state index contributed by atoms with van der Waals surface area (Å²) in [5.41, 5.74) is 0.659. The number of benzene rings is 1. The number of hydrogen-bond acceptors (Lipinski definition) is 4. The van der Waals surface area contributed by atoms with E-state index in [1.807, 2.05) is 0 Å². The molecule has 2 rings (SSSR count). The van der Waals surface area contributed by atoms with Crippen molar-refractivity contribution in [3.63, 3.8) is 0 Å². The molecule has 1 aliphatic rings. The first-order chi connectivity index (χ1) is 11.5. The number of piperazine rings is 1. The predicted molar refractivity (Wildman–Crippen MR) is 91.2 cm³/mol. The number of aryl methyl sites for hydroxylation is 1. The molecule has 0 bridgehead atoms. The number of rotatable bonds is 5. The number of nitrogens with zero attached hydrogens (tertiary/aromatic N) is 2. The summed E-state index contributed by atoms with van der Waals surface area (Å²) in [5.74, 6) is -1.55. The van der Waals surface area contributed by atoms with Gasteiger partial charge in [0.1, 0.15) is 5.82 Å². The van der Waals surface area contributed by atoms with Gasteiger partial charge in [-0.25, -0.2) is 12.8 Å². The fraction of sp³-hybridized carbons (Fsp3) is 0.600. The predicted octanol–water partition coefficient (Wildman–Crippen LogP) is 3.26. The Morgan fingerprint density at radius 2 is 1.76 bits per heavy atom. The number of sulfonamides is 1. The van der Waals surface area contributed by atoms with Crippen LogP contribution in [-0.2, 0) is 10.0 Å². The quantitative estimate of drug-likeness (QED) is 0.562. The van der Waals surface area contributed by atoms with Crippen molar-refractivity contribution in [2.75, 3.05) is 42.6 Å². The van der Waals surface area contributed by atoms with Crippen LogP contribution < -0.4 is 4.90 Å². The van der Waals surface area contributed by atoms with E-state index < -0.39 is 27.8 Å². The Bertz CT molecular complexity index is 715. The molecular formula is C15H20F4N2O2S2. The lowest BCUT2D eigenvalue weighted by Gasteiger charge is -2.35. The minimum atomic E-state index is -4.30. The molecule has 0 atom stereocenters. The van der Waals surface area contributed by atoms with Gasteiger partial charge < -0.3 is 4.90 Å². The van der Waals surface area contributed by atoms with E-state index in [1.165, 1.54) is 16.4 Å². The minimum Gasteiger partial charge on any atom is -0.366 e. The van der Waals surface area contributed by atoms with Crippen molar-refractivity contribution in [3.05, 3.63) is 23.5 Å². The van der Waals surface area contributed by atoms with E-state index in [9.17, 15) is 26.0 Å². The van der Waals surface area contributed by atoms with E-state index in [0.717, 1.165) is 0 Å². The van der Waals surface area contributed by atoms with Gasteiger partial charge in [-0.3, -0.25) is 0 Å². The van der Waals surface area contributed by atoms with Crippen LogP contribution >= 0.6 is 11.8 Å². The first kappa shape index (κ1) is 20.3. The third kappa shape index (κ3) is 5.24. The number of alkyl halides is 3. The first-order valence-electron chi connectivity index (χ1n) is 7.76. The second-order valence-corrected chi connectivity index (χ2v) is 9.03. The van der Waals surface area contributed by atoms with Gasteiger partial charge in [-0.05, 0) is 31.5 Å². The second kappa shape index (κ2) is 7.71. The Morgan fingerprint density at radius 3 is 2.28 bits per heavy atom. The lowest BCUT2D eigenvalue weighted by molar-refractivity contribution is -0.105. The zero-order valence-corrected chi connectivity index (χ0v) is 15.6. The van der Waals surface area contributed by atoms with E-state index >= 15 is 0 Å². The van der Waals surface area contributed by atoms with Crippen molar-refractivity contribution in [3.8, 4) is 0 Å². The van der Waals surface area contributed by atoms with E-state index in [2.05, 4.69) is 0 Å². The third-order valence-electron chi connectivity index (χ3n) is 3.97. The summed E-state index contributed by atoms with van der Waals surface area (Å²) in [6, 6.07) is 2.65. The van der Waals surface area contributed by atoms with E-state index in [-0.39, 0.29) is 24.5 Å². The van der Waals surface area contributed by atoms with Crippen molar-refractivity contribution in [1.29, 1.82) is 0 Å². The molecule has 0 radical (unpaired) electrons. The number of halogens is 4. The Labute approximate surface area is 149 Å². The largest absolute Gasteiger partial charge is 0.398 e. The van der Waals surface area contributed by atoms with E-state index in [4.69, 9.17) is 0 Å². The van der Waals surface area contributed by atoms with E-state index in [1.54, 1.807) is 18.7 Å². The average molecular weight is 400 g/mol. The van der Waals surface area contributed by atoms with Crippen LogP contribution in [0.3, 0.4) is 0 Å². The monoisotopic (exact) mass is 400 g/mol. The molecule has 1 aromatic carbocycles. The molecule has 1 aliphatic heterocycles. The summed E-state index contributed by atoms with van der Waals surface area (Å²) in [6.07, 6.45) is -4.30. The highest BCUT2D eigenvalue weighted by atomic mass is 32.2. The summed E-state index contributed by atoms with van der Waals surface area (Å²) < 4.78 is 76.7. The molecule has 1 fully saturated rings. The highest BCUT2D eigenvalue weighted by molar-refractivity contribution is 7.99. The third-order valence-corrected chi connectivity index (χ3v) is 7.08.